The van der Waals surface area contributed by atoms with Crippen LogP contribution in [0.4, 0.5) is 20.3 Å². The van der Waals surface area contributed by atoms with Gasteiger partial charge in [-0.1, -0.05) is 23.7 Å². The average molecular weight is 618 g/mol. The molecule has 41 heavy (non-hydrogen) atoms. The molecule has 3 N–H and O–H groups in total. The lowest BCUT2D eigenvalue weighted by Crippen LogP contribution is -2.48. The molecular formula is C29H30ClF2N5O2S2. The van der Waals surface area contributed by atoms with E-state index in [-0.39, 0.29) is 36.8 Å². The number of amides is 1. The smallest absolute Gasteiger partial charge is 0.240 e. The number of thioether (sulfide) groups is 1. The van der Waals surface area contributed by atoms with Crippen LogP contribution >= 0.6 is 36.9 Å². The van der Waals surface area contributed by atoms with Crippen LogP contribution in [0.25, 0.3) is 11.3 Å². The fraction of sp³-hybridized carbons (Fsp3) is 0.241. The van der Waals surface area contributed by atoms with Crippen LogP contribution in [0.15, 0.2) is 66.7 Å². The van der Waals surface area contributed by atoms with Crippen molar-refractivity contribution in [3.63, 3.8) is 0 Å². The first-order chi connectivity index (χ1) is 19.3. The third-order valence-electron chi connectivity index (χ3n) is 6.63. The number of nitrogens with one attached hydrogen (secondary N) is 1. The maximum atomic E-state index is 14.1. The van der Waals surface area contributed by atoms with Crippen molar-refractivity contribution in [3.8, 4) is 17.0 Å². The van der Waals surface area contributed by atoms with E-state index >= 15 is 0 Å². The van der Waals surface area contributed by atoms with Gasteiger partial charge in [-0.15, -0.1) is 0 Å². The molecule has 1 aliphatic heterocycles. The quantitative estimate of drug-likeness (QED) is 0.241. The Morgan fingerprint density at radius 2 is 1.85 bits per heavy atom. The second kappa shape index (κ2) is 13.6. The van der Waals surface area contributed by atoms with Crippen molar-refractivity contribution in [1.82, 2.24) is 14.5 Å². The maximum Gasteiger partial charge on any atom is 0.240 e. The number of benzene rings is 3. The first-order valence-electron chi connectivity index (χ1n) is 12.6. The molecule has 0 saturated carbocycles. The number of aromatic nitrogens is 2. The number of ether oxygens (including phenoxy) is 1. The highest BCUT2D eigenvalue weighted by atomic mass is 35.5. The van der Waals surface area contributed by atoms with Crippen molar-refractivity contribution in [3.05, 3.63) is 94.8 Å². The normalized spacial score (nSPS) is 13.2. The minimum Gasteiger partial charge on any atom is -0.497 e. The maximum absolute atomic E-state index is 14.1. The fourth-order valence-corrected chi connectivity index (χ4v) is 5.56. The largest absolute Gasteiger partial charge is 0.497 e. The summed E-state index contributed by atoms with van der Waals surface area (Å²) in [5.74, 6) is 2.22. The van der Waals surface area contributed by atoms with Gasteiger partial charge in [-0.3, -0.25) is 4.79 Å². The zero-order valence-electron chi connectivity index (χ0n) is 22.2. The Bertz CT molecular complexity index is 1500. The third kappa shape index (κ3) is 7.16. The molecule has 12 heteroatoms. The Morgan fingerprint density at radius 1 is 1.12 bits per heavy atom. The summed E-state index contributed by atoms with van der Waals surface area (Å²) in [6, 6.07) is 17.6. The second-order valence-electron chi connectivity index (χ2n) is 9.37. The van der Waals surface area contributed by atoms with Gasteiger partial charge in [0, 0.05) is 35.8 Å². The van der Waals surface area contributed by atoms with Gasteiger partial charge in [0.1, 0.15) is 34.7 Å². The molecule has 2 heterocycles. The molecule has 1 aromatic heterocycles. The van der Waals surface area contributed by atoms with Crippen LogP contribution in [0.2, 0.25) is 5.02 Å². The van der Waals surface area contributed by atoms with Gasteiger partial charge in [0.05, 0.1) is 24.7 Å². The van der Waals surface area contributed by atoms with Crippen LogP contribution in [0.5, 0.6) is 5.75 Å². The van der Waals surface area contributed by atoms with E-state index in [4.69, 9.17) is 27.1 Å². The van der Waals surface area contributed by atoms with Gasteiger partial charge in [0.25, 0.3) is 0 Å². The van der Waals surface area contributed by atoms with Crippen LogP contribution in [0, 0.1) is 11.6 Å². The summed E-state index contributed by atoms with van der Waals surface area (Å²) < 4.78 is 34.9. The molecule has 5 rings (SSSR count). The minimum absolute atomic E-state index is 0. The lowest BCUT2D eigenvalue weighted by Gasteiger charge is -2.30. The van der Waals surface area contributed by atoms with E-state index in [1.165, 1.54) is 24.3 Å². The molecule has 0 fully saturated rings. The number of imidazole rings is 1. The molecule has 1 atom stereocenters. The summed E-state index contributed by atoms with van der Waals surface area (Å²) >= 11 is 7.45. The first kappa shape index (κ1) is 30.7. The number of carbonyl (C=O) groups is 1. The molecule has 216 valence electrons. The Kier molecular flexibility index (Phi) is 10.2. The number of methoxy groups -OCH3 is 1. The van der Waals surface area contributed by atoms with Crippen molar-refractivity contribution < 1.29 is 18.3 Å². The van der Waals surface area contributed by atoms with Crippen LogP contribution in [0.1, 0.15) is 11.4 Å². The molecular weight excluding hydrogens is 588 g/mol. The Labute approximate surface area is 253 Å². The number of carbonyl (C=O) groups excluding carboxylic acids is 1. The highest BCUT2D eigenvalue weighted by Crippen LogP contribution is 2.34. The van der Waals surface area contributed by atoms with Gasteiger partial charge >= 0.3 is 0 Å². The predicted octanol–water partition coefficient (Wildman–Crippen LogP) is 5.95. The lowest BCUT2D eigenvalue weighted by molar-refractivity contribution is -0.133. The number of nitrogens with zero attached hydrogens (tertiary/aromatic N) is 3. The molecule has 0 bridgehead atoms. The lowest BCUT2D eigenvalue weighted by atomic mass is 10.1. The van der Waals surface area contributed by atoms with E-state index in [0.717, 1.165) is 17.1 Å². The number of anilines is 2. The number of hydrogen-bond donors (Lipinski definition) is 2. The average Bonchev–Trinajstić information content (AvgIpc) is 3.32. The van der Waals surface area contributed by atoms with Gasteiger partial charge < -0.3 is 25.3 Å². The molecule has 1 amide bonds. The molecule has 0 unspecified atom stereocenters. The van der Waals surface area contributed by atoms with Crippen LogP contribution in [-0.2, 0) is 23.6 Å². The molecule has 0 spiro atoms. The SMILES string of the molecule is COc1ccc(CSC[C@@H](N)C(=O)N2CCn3c(nc(-c4ccc(F)cc4)c3Nc3ccc(Cl)c(F)c3)C2)cc1.S. The van der Waals surface area contributed by atoms with Gasteiger partial charge in [-0.2, -0.15) is 25.3 Å². The zero-order valence-corrected chi connectivity index (χ0v) is 24.8. The molecule has 3 aromatic carbocycles. The van der Waals surface area contributed by atoms with Crippen molar-refractivity contribution >= 4 is 54.3 Å². The Balaban J connectivity index is 0.00000387. The summed E-state index contributed by atoms with van der Waals surface area (Å²) in [6.07, 6.45) is 0. The molecule has 0 radical (unpaired) electrons. The van der Waals surface area contributed by atoms with Crippen LogP contribution < -0.4 is 15.8 Å². The summed E-state index contributed by atoms with van der Waals surface area (Å²) in [7, 11) is 1.63. The van der Waals surface area contributed by atoms with E-state index in [1.807, 2.05) is 28.8 Å². The zero-order chi connectivity index (χ0) is 28.2. The van der Waals surface area contributed by atoms with Gasteiger partial charge in [0.2, 0.25) is 5.91 Å². The topological polar surface area (TPSA) is 85.4 Å². The molecule has 0 saturated heterocycles. The Morgan fingerprint density at radius 3 is 2.54 bits per heavy atom. The standard InChI is InChI=1S/C29H28ClF2N5O2S.H2S/c1-39-22-9-2-18(3-10-22)16-40-17-25(33)29(38)36-12-13-37-26(15-36)35-27(19-4-6-20(31)7-5-19)28(37)34-21-8-11-23(30)24(32)14-21;/h2-11,14,25,34H,12-13,15-17,33H2,1H3;1H2/t25-;/m1./s1. The number of rotatable bonds is 9. The monoisotopic (exact) mass is 617 g/mol. The van der Waals surface area contributed by atoms with Crippen molar-refractivity contribution in [2.45, 2.75) is 24.9 Å². The predicted molar refractivity (Wildman–Crippen MR) is 165 cm³/mol. The van der Waals surface area contributed by atoms with Crippen LogP contribution in [0.3, 0.4) is 0 Å². The highest BCUT2D eigenvalue weighted by Gasteiger charge is 2.29. The van der Waals surface area contributed by atoms with Crippen LogP contribution in [-0.4, -0.2) is 45.8 Å². The number of nitrogens with two attached hydrogens (primary N) is 1. The van der Waals surface area contributed by atoms with Gasteiger partial charge in [0.15, 0.2) is 0 Å². The first-order valence-corrected chi connectivity index (χ1v) is 14.2. The Hall–Kier alpha value is -3.25. The fourth-order valence-electron chi connectivity index (χ4n) is 4.50. The number of fused-ring (bicyclic) bond motifs is 1. The number of hydrogen-bond acceptors (Lipinski definition) is 6. The third-order valence-corrected chi connectivity index (χ3v) is 8.07. The van der Waals surface area contributed by atoms with E-state index in [1.54, 1.807) is 42.0 Å². The molecule has 4 aromatic rings. The number of halogens is 3. The van der Waals surface area contributed by atoms with E-state index in [0.29, 0.717) is 47.4 Å². The molecule has 1 aliphatic rings. The summed E-state index contributed by atoms with van der Waals surface area (Å²) in [5.41, 5.74) is 9.16. The van der Waals surface area contributed by atoms with E-state index in [2.05, 4.69) is 5.32 Å². The second-order valence-corrected chi connectivity index (χ2v) is 10.8. The summed E-state index contributed by atoms with van der Waals surface area (Å²) in [4.78, 5) is 19.7. The summed E-state index contributed by atoms with van der Waals surface area (Å²) in [5, 5.41) is 3.27. The van der Waals surface area contributed by atoms with Crippen molar-refractivity contribution in [1.29, 1.82) is 0 Å². The molecule has 7 nitrogen and oxygen atoms in total. The van der Waals surface area contributed by atoms with E-state index < -0.39 is 11.9 Å². The minimum atomic E-state index is -0.657. The van der Waals surface area contributed by atoms with Crippen molar-refractivity contribution in [2.24, 2.45) is 5.73 Å². The van der Waals surface area contributed by atoms with Gasteiger partial charge in [-0.05, 0) is 60.2 Å². The van der Waals surface area contributed by atoms with E-state index in [9.17, 15) is 13.6 Å². The summed E-state index contributed by atoms with van der Waals surface area (Å²) in [6.45, 7) is 1.16. The van der Waals surface area contributed by atoms with Gasteiger partial charge in [-0.25, -0.2) is 13.8 Å². The van der Waals surface area contributed by atoms with Crippen molar-refractivity contribution in [2.75, 3.05) is 24.7 Å². The molecule has 0 aliphatic carbocycles. The highest BCUT2D eigenvalue weighted by molar-refractivity contribution is 7.98.